The number of rotatable bonds is 4. The van der Waals surface area contributed by atoms with Gasteiger partial charge < -0.3 is 4.57 Å². The molecule has 0 N–H and O–H groups in total. The Bertz CT molecular complexity index is 1420. The molecule has 0 radical (unpaired) electrons. The molecule has 0 aliphatic carbocycles. The number of para-hydroxylation sites is 1. The van der Waals surface area contributed by atoms with Crippen LogP contribution in [0.1, 0.15) is 31.9 Å². The molecule has 0 aliphatic heterocycles. The molecule has 2 nitrogen and oxygen atoms in total. The van der Waals surface area contributed by atoms with Crippen LogP contribution in [0.25, 0.3) is 39.3 Å². The fourth-order valence-electron chi connectivity index (χ4n) is 4.31. The van der Waals surface area contributed by atoms with Crippen LogP contribution in [-0.2, 0) is 5.41 Å². The second-order valence-corrected chi connectivity index (χ2v) is 9.92. The lowest BCUT2D eigenvalue weighted by atomic mass is 9.89. The van der Waals surface area contributed by atoms with Crippen LogP contribution in [0.2, 0.25) is 0 Å². The Labute approximate surface area is 202 Å². The molecule has 0 aliphatic rings. The van der Waals surface area contributed by atoms with Gasteiger partial charge in [-0.2, -0.15) is 0 Å². The number of benzene rings is 3. The minimum atomic E-state index is 0.0358. The highest BCUT2D eigenvalue weighted by atomic mass is 15.0. The van der Waals surface area contributed by atoms with Crippen LogP contribution in [0.4, 0.5) is 0 Å². The summed E-state index contributed by atoms with van der Waals surface area (Å²) >= 11 is 0. The number of aryl methyl sites for hydroxylation is 1. The third kappa shape index (κ3) is 4.32. The zero-order chi connectivity index (χ0) is 23.7. The maximum absolute atomic E-state index is 4.73. The summed E-state index contributed by atoms with van der Waals surface area (Å²) in [6.45, 7) is 8.88. The van der Waals surface area contributed by atoms with Gasteiger partial charge in [-0.15, -0.1) is 0 Å². The van der Waals surface area contributed by atoms with Crippen molar-refractivity contribution in [2.75, 3.05) is 0 Å². The number of nitrogens with zero attached hydrogens (tertiary/aromatic N) is 2. The highest BCUT2D eigenvalue weighted by Gasteiger charge is 2.21. The summed E-state index contributed by atoms with van der Waals surface area (Å²) in [4.78, 5) is 4.73. The molecule has 0 unspecified atom stereocenters. The van der Waals surface area contributed by atoms with Gasteiger partial charge in [0.25, 0.3) is 0 Å². The summed E-state index contributed by atoms with van der Waals surface area (Å²) < 4.78 is 2.33. The SMILES string of the molecule is Cc1ccc(-c2ccccc2-n2cc(C(C)(C)C)cc2-c2cccc(-c3ccccc3)c2)nc1. The molecule has 0 amide bonds. The Kier molecular flexibility index (Phi) is 5.67. The van der Waals surface area contributed by atoms with Gasteiger partial charge in [-0.1, -0.05) is 93.6 Å². The van der Waals surface area contributed by atoms with Gasteiger partial charge in [-0.05, 0) is 64.4 Å². The first-order valence-corrected chi connectivity index (χ1v) is 11.8. The van der Waals surface area contributed by atoms with E-state index in [4.69, 9.17) is 4.98 Å². The zero-order valence-corrected chi connectivity index (χ0v) is 20.3. The maximum Gasteiger partial charge on any atom is 0.0723 e. The highest BCUT2D eigenvalue weighted by molar-refractivity contribution is 5.77. The number of hydrogen-bond acceptors (Lipinski definition) is 1. The van der Waals surface area contributed by atoms with Gasteiger partial charge in [0.15, 0.2) is 0 Å². The molecule has 0 saturated carbocycles. The van der Waals surface area contributed by atoms with E-state index >= 15 is 0 Å². The molecule has 5 aromatic rings. The van der Waals surface area contributed by atoms with Crippen molar-refractivity contribution < 1.29 is 0 Å². The number of aromatic nitrogens is 2. The molecule has 3 aromatic carbocycles. The van der Waals surface area contributed by atoms with Crippen molar-refractivity contribution in [3.63, 3.8) is 0 Å². The van der Waals surface area contributed by atoms with Crippen LogP contribution >= 0.6 is 0 Å². The quantitative estimate of drug-likeness (QED) is 0.273. The lowest BCUT2D eigenvalue weighted by molar-refractivity contribution is 0.590. The summed E-state index contributed by atoms with van der Waals surface area (Å²) in [5, 5.41) is 0. The van der Waals surface area contributed by atoms with Gasteiger partial charge in [0.2, 0.25) is 0 Å². The van der Waals surface area contributed by atoms with Gasteiger partial charge in [-0.25, -0.2) is 0 Å². The smallest absolute Gasteiger partial charge is 0.0723 e. The fourth-order valence-corrected chi connectivity index (χ4v) is 4.31. The van der Waals surface area contributed by atoms with E-state index in [1.54, 1.807) is 0 Å². The minimum Gasteiger partial charge on any atom is -0.316 e. The third-order valence-electron chi connectivity index (χ3n) is 6.30. The number of pyridine rings is 1. The van der Waals surface area contributed by atoms with Gasteiger partial charge in [0.1, 0.15) is 0 Å². The third-order valence-corrected chi connectivity index (χ3v) is 6.30. The Morgan fingerprint density at radius 3 is 2.12 bits per heavy atom. The molecule has 5 rings (SSSR count). The first-order valence-electron chi connectivity index (χ1n) is 11.8. The van der Waals surface area contributed by atoms with Crippen molar-refractivity contribution in [2.24, 2.45) is 0 Å². The van der Waals surface area contributed by atoms with Crippen LogP contribution in [-0.4, -0.2) is 9.55 Å². The monoisotopic (exact) mass is 442 g/mol. The highest BCUT2D eigenvalue weighted by Crippen LogP contribution is 2.36. The lowest BCUT2D eigenvalue weighted by Gasteiger charge is -2.16. The summed E-state index contributed by atoms with van der Waals surface area (Å²) in [6, 6.07) is 34.5. The largest absolute Gasteiger partial charge is 0.316 e. The second kappa shape index (κ2) is 8.79. The molecule has 0 atom stereocenters. The maximum atomic E-state index is 4.73. The van der Waals surface area contributed by atoms with Crippen LogP contribution in [0.15, 0.2) is 109 Å². The van der Waals surface area contributed by atoms with E-state index < -0.39 is 0 Å². The van der Waals surface area contributed by atoms with Crippen LogP contribution < -0.4 is 0 Å². The Hall–Kier alpha value is -3.91. The van der Waals surface area contributed by atoms with Gasteiger partial charge in [0.05, 0.1) is 17.1 Å². The van der Waals surface area contributed by atoms with E-state index in [1.807, 2.05) is 6.20 Å². The topological polar surface area (TPSA) is 17.8 Å². The standard InChI is InChI=1S/C32H30N2/c1-23-17-18-29(33-21-23)28-15-8-9-16-30(28)34-22-27(32(2,3)4)20-31(34)26-14-10-13-25(19-26)24-11-6-5-7-12-24/h5-22H,1-4H3. The average Bonchev–Trinajstić information content (AvgIpc) is 3.31. The summed E-state index contributed by atoms with van der Waals surface area (Å²) in [5.41, 5.74) is 10.6. The predicted molar refractivity (Wildman–Crippen MR) is 143 cm³/mol. The normalized spacial score (nSPS) is 11.5. The molecule has 2 heterocycles. The van der Waals surface area contributed by atoms with E-state index in [1.165, 1.54) is 27.9 Å². The van der Waals surface area contributed by atoms with E-state index in [9.17, 15) is 0 Å². The molecule has 2 aromatic heterocycles. The summed E-state index contributed by atoms with van der Waals surface area (Å²) in [6.07, 6.45) is 4.23. The first-order chi connectivity index (χ1) is 16.4. The summed E-state index contributed by atoms with van der Waals surface area (Å²) in [5.74, 6) is 0. The Morgan fingerprint density at radius 2 is 1.38 bits per heavy atom. The van der Waals surface area contributed by atoms with E-state index in [0.29, 0.717) is 0 Å². The molecule has 168 valence electrons. The van der Waals surface area contributed by atoms with Crippen molar-refractivity contribution in [2.45, 2.75) is 33.1 Å². The predicted octanol–water partition coefficient (Wildman–Crippen LogP) is 8.48. The van der Waals surface area contributed by atoms with E-state index in [2.05, 4.69) is 136 Å². The van der Waals surface area contributed by atoms with Crippen LogP contribution in [0.3, 0.4) is 0 Å². The molecule has 0 bridgehead atoms. The van der Waals surface area contributed by atoms with Gasteiger partial charge in [0, 0.05) is 18.0 Å². The summed E-state index contributed by atoms with van der Waals surface area (Å²) in [7, 11) is 0. The van der Waals surface area contributed by atoms with Crippen molar-refractivity contribution >= 4 is 0 Å². The van der Waals surface area contributed by atoms with Crippen molar-refractivity contribution in [1.29, 1.82) is 0 Å². The first kappa shape index (κ1) is 21.9. The van der Waals surface area contributed by atoms with Crippen molar-refractivity contribution in [3.05, 3.63) is 121 Å². The van der Waals surface area contributed by atoms with Crippen LogP contribution in [0.5, 0.6) is 0 Å². The molecule has 34 heavy (non-hydrogen) atoms. The number of hydrogen-bond donors (Lipinski definition) is 0. The molecular weight excluding hydrogens is 412 g/mol. The zero-order valence-electron chi connectivity index (χ0n) is 20.3. The van der Waals surface area contributed by atoms with Gasteiger partial charge in [-0.3, -0.25) is 4.98 Å². The van der Waals surface area contributed by atoms with Gasteiger partial charge >= 0.3 is 0 Å². The van der Waals surface area contributed by atoms with Crippen LogP contribution in [0, 0.1) is 6.92 Å². The van der Waals surface area contributed by atoms with Crippen molar-refractivity contribution in [1.82, 2.24) is 9.55 Å². The average molecular weight is 443 g/mol. The Balaban J connectivity index is 1.71. The minimum absolute atomic E-state index is 0.0358. The lowest BCUT2D eigenvalue weighted by Crippen LogP contribution is -2.09. The van der Waals surface area contributed by atoms with E-state index in [-0.39, 0.29) is 5.41 Å². The Morgan fingerprint density at radius 1 is 0.676 bits per heavy atom. The molecule has 0 saturated heterocycles. The van der Waals surface area contributed by atoms with Crippen molar-refractivity contribution in [3.8, 4) is 39.3 Å². The molecule has 0 fully saturated rings. The molecular formula is C32H30N2. The molecule has 2 heteroatoms. The second-order valence-electron chi connectivity index (χ2n) is 9.92. The fraction of sp³-hybridized carbons (Fsp3) is 0.156. The van der Waals surface area contributed by atoms with E-state index in [0.717, 1.165) is 22.5 Å². The molecule has 0 spiro atoms.